The normalized spacial score (nSPS) is 17.3. The molecule has 4 heterocycles. The number of nitrogens with one attached hydrogen (secondary N) is 1. The molecule has 0 saturated carbocycles. The van der Waals surface area contributed by atoms with Crippen molar-refractivity contribution in [2.45, 2.75) is 45.3 Å². The van der Waals surface area contributed by atoms with E-state index in [0.29, 0.717) is 42.9 Å². The van der Waals surface area contributed by atoms with Crippen molar-refractivity contribution in [2.75, 3.05) is 13.2 Å². The lowest BCUT2D eigenvalue weighted by atomic mass is 10.2. The van der Waals surface area contributed by atoms with Gasteiger partial charge in [-0.25, -0.2) is 4.68 Å². The van der Waals surface area contributed by atoms with Gasteiger partial charge in [0.15, 0.2) is 5.58 Å². The van der Waals surface area contributed by atoms with Gasteiger partial charge in [-0.2, -0.15) is 5.10 Å². The number of carbonyl (C=O) groups excluding carboxylic acids is 1. The van der Waals surface area contributed by atoms with E-state index in [0.717, 1.165) is 25.0 Å². The van der Waals surface area contributed by atoms with Gasteiger partial charge >= 0.3 is 0 Å². The Balaban J connectivity index is 1.40. The molecular formula is C18H22N4O4. The summed E-state index contributed by atoms with van der Waals surface area (Å²) >= 11 is 0. The van der Waals surface area contributed by atoms with Crippen molar-refractivity contribution in [3.63, 3.8) is 0 Å². The lowest BCUT2D eigenvalue weighted by Gasteiger charge is -2.11. The van der Waals surface area contributed by atoms with E-state index in [1.54, 1.807) is 16.7 Å². The zero-order chi connectivity index (χ0) is 18.1. The van der Waals surface area contributed by atoms with Crippen molar-refractivity contribution in [3.8, 4) is 0 Å². The molecule has 0 radical (unpaired) electrons. The van der Waals surface area contributed by atoms with Crippen LogP contribution < -0.4 is 10.9 Å². The number of carbonyl (C=O) groups is 1. The Morgan fingerprint density at radius 1 is 1.42 bits per heavy atom. The van der Waals surface area contributed by atoms with E-state index in [-0.39, 0.29) is 17.6 Å². The van der Waals surface area contributed by atoms with E-state index in [1.807, 2.05) is 13.0 Å². The van der Waals surface area contributed by atoms with Crippen LogP contribution in [0.15, 0.2) is 27.6 Å². The average Bonchev–Trinajstić information content (AvgIpc) is 3.33. The van der Waals surface area contributed by atoms with Crippen molar-refractivity contribution in [3.05, 3.63) is 34.6 Å². The summed E-state index contributed by atoms with van der Waals surface area (Å²) in [4.78, 5) is 24.6. The van der Waals surface area contributed by atoms with Gasteiger partial charge in [-0.3, -0.25) is 14.0 Å². The Morgan fingerprint density at radius 3 is 3.12 bits per heavy atom. The number of aryl methyl sites for hydroxylation is 2. The van der Waals surface area contributed by atoms with E-state index < -0.39 is 0 Å². The molecule has 0 aromatic carbocycles. The van der Waals surface area contributed by atoms with Crippen LogP contribution in [0.2, 0.25) is 0 Å². The fourth-order valence-electron chi connectivity index (χ4n) is 3.49. The Hall–Kier alpha value is -2.61. The van der Waals surface area contributed by atoms with E-state index in [4.69, 9.17) is 9.15 Å². The Bertz CT molecular complexity index is 994. The largest absolute Gasteiger partial charge is 0.463 e. The molecule has 1 unspecified atom stereocenters. The number of aromatic nitrogens is 3. The maximum Gasteiger partial charge on any atom is 0.291 e. The number of ether oxygens (including phenoxy) is 1. The van der Waals surface area contributed by atoms with Crippen molar-refractivity contribution in [1.82, 2.24) is 19.5 Å². The molecular weight excluding hydrogens is 336 g/mol. The highest BCUT2D eigenvalue weighted by Crippen LogP contribution is 2.20. The molecule has 8 nitrogen and oxygen atoms in total. The topological polar surface area (TPSA) is 90.8 Å². The molecule has 1 atom stereocenters. The molecule has 1 aliphatic rings. The van der Waals surface area contributed by atoms with Gasteiger partial charge in [-0.15, -0.1) is 0 Å². The van der Waals surface area contributed by atoms with Crippen molar-refractivity contribution in [1.29, 1.82) is 0 Å². The van der Waals surface area contributed by atoms with Gasteiger partial charge in [0.2, 0.25) is 5.91 Å². The van der Waals surface area contributed by atoms with Crippen LogP contribution in [-0.4, -0.2) is 39.3 Å². The standard InChI is InChI=1S/C18H22N4O4/c1-12-20-21(7-2-5-17(23)19-11-13-4-3-8-25-13)18(24)15-10-16-14(22(12)15)6-9-26-16/h6,9-10,13H,2-5,7-8,11H2,1H3,(H,19,23). The number of hydrogen-bond acceptors (Lipinski definition) is 5. The van der Waals surface area contributed by atoms with E-state index in [1.165, 1.54) is 4.68 Å². The fourth-order valence-corrected chi connectivity index (χ4v) is 3.49. The summed E-state index contributed by atoms with van der Waals surface area (Å²) in [6.07, 6.45) is 4.70. The summed E-state index contributed by atoms with van der Waals surface area (Å²) in [7, 11) is 0. The SMILES string of the molecule is Cc1nn(CCCC(=O)NCC2CCCO2)c(=O)c2cc3occc3n12. The second-order valence-electron chi connectivity index (χ2n) is 6.65. The Kier molecular flexibility index (Phi) is 4.50. The summed E-state index contributed by atoms with van der Waals surface area (Å²) in [5, 5.41) is 7.27. The van der Waals surface area contributed by atoms with Crippen molar-refractivity contribution >= 4 is 22.5 Å². The maximum absolute atomic E-state index is 12.6. The molecule has 4 rings (SSSR count). The van der Waals surface area contributed by atoms with Gasteiger partial charge < -0.3 is 14.5 Å². The summed E-state index contributed by atoms with van der Waals surface area (Å²) in [6.45, 7) is 3.59. The predicted octanol–water partition coefficient (Wildman–Crippen LogP) is 1.63. The van der Waals surface area contributed by atoms with Gasteiger partial charge in [0, 0.05) is 38.2 Å². The van der Waals surface area contributed by atoms with Crippen LogP contribution in [0.3, 0.4) is 0 Å². The first kappa shape index (κ1) is 16.8. The molecule has 26 heavy (non-hydrogen) atoms. The molecule has 138 valence electrons. The van der Waals surface area contributed by atoms with E-state index in [9.17, 15) is 9.59 Å². The van der Waals surface area contributed by atoms with Crippen LogP contribution in [0.1, 0.15) is 31.5 Å². The molecule has 1 aliphatic heterocycles. The lowest BCUT2D eigenvalue weighted by Crippen LogP contribution is -2.32. The summed E-state index contributed by atoms with van der Waals surface area (Å²) in [6, 6.07) is 3.55. The molecule has 1 saturated heterocycles. The molecule has 0 aliphatic carbocycles. The third kappa shape index (κ3) is 3.12. The van der Waals surface area contributed by atoms with Crippen molar-refractivity contribution < 1.29 is 13.9 Å². The van der Waals surface area contributed by atoms with Gasteiger partial charge in [0.25, 0.3) is 5.56 Å². The third-order valence-electron chi connectivity index (χ3n) is 4.79. The minimum absolute atomic E-state index is 0.0217. The number of nitrogens with zero attached hydrogens (tertiary/aromatic N) is 3. The molecule has 1 fully saturated rings. The fraction of sp³-hybridized carbons (Fsp3) is 0.500. The number of fused-ring (bicyclic) bond motifs is 3. The second kappa shape index (κ2) is 6.95. The van der Waals surface area contributed by atoms with Crippen LogP contribution >= 0.6 is 0 Å². The number of hydrogen-bond donors (Lipinski definition) is 1. The monoisotopic (exact) mass is 358 g/mol. The summed E-state index contributed by atoms with van der Waals surface area (Å²) in [5.41, 5.74) is 1.86. The van der Waals surface area contributed by atoms with E-state index in [2.05, 4.69) is 10.4 Å². The quantitative estimate of drug-likeness (QED) is 0.723. The van der Waals surface area contributed by atoms with Gasteiger partial charge in [0.1, 0.15) is 11.3 Å². The second-order valence-corrected chi connectivity index (χ2v) is 6.65. The Labute approximate surface area is 149 Å². The molecule has 0 bridgehead atoms. The van der Waals surface area contributed by atoms with Gasteiger partial charge in [-0.05, 0) is 26.2 Å². The van der Waals surface area contributed by atoms with Gasteiger partial charge in [0.05, 0.1) is 17.9 Å². The first-order chi connectivity index (χ1) is 12.6. The first-order valence-corrected chi connectivity index (χ1v) is 8.98. The number of rotatable bonds is 6. The highest BCUT2D eigenvalue weighted by Gasteiger charge is 2.16. The highest BCUT2D eigenvalue weighted by atomic mass is 16.5. The molecule has 8 heteroatoms. The molecule has 3 aromatic rings. The highest BCUT2D eigenvalue weighted by molar-refractivity contribution is 5.82. The molecule has 0 spiro atoms. The van der Waals surface area contributed by atoms with Crippen molar-refractivity contribution in [2.24, 2.45) is 0 Å². The molecule has 3 aromatic heterocycles. The van der Waals surface area contributed by atoms with Crippen LogP contribution in [0.5, 0.6) is 0 Å². The first-order valence-electron chi connectivity index (χ1n) is 8.98. The Morgan fingerprint density at radius 2 is 2.31 bits per heavy atom. The summed E-state index contributed by atoms with van der Waals surface area (Å²) < 4.78 is 14.1. The lowest BCUT2D eigenvalue weighted by molar-refractivity contribution is -0.121. The third-order valence-corrected chi connectivity index (χ3v) is 4.79. The average molecular weight is 358 g/mol. The molecule has 1 amide bonds. The predicted molar refractivity (Wildman–Crippen MR) is 95.2 cm³/mol. The zero-order valence-electron chi connectivity index (χ0n) is 14.7. The zero-order valence-corrected chi connectivity index (χ0v) is 14.7. The smallest absolute Gasteiger partial charge is 0.291 e. The van der Waals surface area contributed by atoms with E-state index >= 15 is 0 Å². The van der Waals surface area contributed by atoms with Crippen LogP contribution in [-0.2, 0) is 16.1 Å². The van der Waals surface area contributed by atoms with Crippen LogP contribution in [0.4, 0.5) is 0 Å². The summed E-state index contributed by atoms with van der Waals surface area (Å²) in [5.74, 6) is 0.686. The number of amides is 1. The van der Waals surface area contributed by atoms with Crippen LogP contribution in [0, 0.1) is 6.92 Å². The molecule has 1 N–H and O–H groups in total. The van der Waals surface area contributed by atoms with Crippen LogP contribution in [0.25, 0.3) is 16.6 Å². The maximum atomic E-state index is 12.6. The number of furan rings is 1. The minimum Gasteiger partial charge on any atom is -0.463 e. The van der Waals surface area contributed by atoms with Gasteiger partial charge in [-0.1, -0.05) is 0 Å². The minimum atomic E-state index is -0.179.